The maximum Gasteiger partial charge on any atom is 0.0175 e. The van der Waals surface area contributed by atoms with Crippen LogP contribution >= 0.6 is 0 Å². The van der Waals surface area contributed by atoms with Crippen molar-refractivity contribution in [3.63, 3.8) is 0 Å². The molecule has 0 bridgehead atoms. The molecule has 0 aromatic heterocycles. The first kappa shape index (κ1) is 11.0. The molecule has 1 atom stereocenters. The zero-order valence-corrected chi connectivity index (χ0v) is 10.4. The lowest BCUT2D eigenvalue weighted by atomic mass is 9.80. The maximum atomic E-state index is 2.70. The molecule has 1 nitrogen and oxygen atoms in total. The van der Waals surface area contributed by atoms with E-state index < -0.39 is 0 Å². The monoisotopic (exact) mass is 207 g/mol. The van der Waals surface area contributed by atoms with Crippen LogP contribution in [0.25, 0.3) is 0 Å². The molecular weight excluding hydrogens is 182 g/mol. The van der Waals surface area contributed by atoms with Crippen LogP contribution in [0.1, 0.15) is 58.8 Å². The Balaban J connectivity index is 2.21. The Morgan fingerprint density at radius 3 is 2.73 bits per heavy atom. The summed E-state index contributed by atoms with van der Waals surface area (Å²) in [4.78, 5) is 2.70. The van der Waals surface area contributed by atoms with E-state index in [9.17, 15) is 0 Å². The fraction of sp³-hybridized carbons (Fsp3) is 0.857. The Morgan fingerprint density at radius 2 is 2.00 bits per heavy atom. The highest BCUT2D eigenvalue weighted by Gasteiger charge is 2.29. The van der Waals surface area contributed by atoms with E-state index in [0.717, 1.165) is 5.92 Å². The SMILES string of the molecule is CCCN1CCCC2CCCC(CC)=C21. The van der Waals surface area contributed by atoms with E-state index >= 15 is 0 Å². The van der Waals surface area contributed by atoms with Gasteiger partial charge in [-0.25, -0.2) is 0 Å². The van der Waals surface area contributed by atoms with Crippen LogP contribution in [0, 0.1) is 5.92 Å². The summed E-state index contributed by atoms with van der Waals surface area (Å²) >= 11 is 0. The third-order valence-electron chi connectivity index (χ3n) is 4.02. The van der Waals surface area contributed by atoms with E-state index in [4.69, 9.17) is 0 Å². The molecule has 1 aliphatic heterocycles. The number of nitrogens with zero attached hydrogens (tertiary/aromatic N) is 1. The van der Waals surface area contributed by atoms with Gasteiger partial charge in [-0.1, -0.05) is 19.4 Å². The van der Waals surface area contributed by atoms with Crippen LogP contribution in [-0.4, -0.2) is 18.0 Å². The number of hydrogen-bond donors (Lipinski definition) is 0. The second-order valence-corrected chi connectivity index (χ2v) is 5.06. The molecule has 1 saturated heterocycles. The van der Waals surface area contributed by atoms with Crippen LogP contribution in [0.2, 0.25) is 0 Å². The third kappa shape index (κ3) is 2.21. The Bertz CT molecular complexity index is 240. The molecule has 86 valence electrons. The minimum Gasteiger partial charge on any atom is -0.375 e. The molecule has 0 aromatic carbocycles. The first-order valence-corrected chi connectivity index (χ1v) is 6.83. The third-order valence-corrected chi connectivity index (χ3v) is 4.02. The number of piperidine rings is 1. The van der Waals surface area contributed by atoms with E-state index in [2.05, 4.69) is 18.7 Å². The van der Waals surface area contributed by atoms with Gasteiger partial charge in [-0.05, 0) is 50.9 Å². The smallest absolute Gasteiger partial charge is 0.0175 e. The van der Waals surface area contributed by atoms with Crippen LogP contribution in [0.15, 0.2) is 11.3 Å². The predicted molar refractivity (Wildman–Crippen MR) is 65.8 cm³/mol. The highest BCUT2D eigenvalue weighted by molar-refractivity contribution is 5.20. The second kappa shape index (κ2) is 5.05. The van der Waals surface area contributed by atoms with Gasteiger partial charge >= 0.3 is 0 Å². The van der Waals surface area contributed by atoms with Crippen molar-refractivity contribution in [3.05, 3.63) is 11.3 Å². The molecule has 0 N–H and O–H groups in total. The molecule has 0 spiro atoms. The first-order chi connectivity index (χ1) is 7.36. The quantitative estimate of drug-likeness (QED) is 0.677. The minimum absolute atomic E-state index is 0.925. The highest BCUT2D eigenvalue weighted by atomic mass is 15.1. The fourth-order valence-corrected chi connectivity index (χ4v) is 3.39. The summed E-state index contributed by atoms with van der Waals surface area (Å²) in [6.45, 7) is 7.25. The van der Waals surface area contributed by atoms with Crippen molar-refractivity contribution >= 4 is 0 Å². The summed E-state index contributed by atoms with van der Waals surface area (Å²) in [5.41, 5.74) is 3.55. The average Bonchev–Trinajstić information content (AvgIpc) is 2.29. The van der Waals surface area contributed by atoms with Crippen molar-refractivity contribution in [2.24, 2.45) is 5.92 Å². The summed E-state index contributed by atoms with van der Waals surface area (Å²) < 4.78 is 0. The Hall–Kier alpha value is -0.460. The standard InChI is InChI=1S/C14H25N/c1-3-10-15-11-6-9-13-8-5-7-12(4-2)14(13)15/h13H,3-11H2,1-2H3. The van der Waals surface area contributed by atoms with Crippen molar-refractivity contribution in [1.29, 1.82) is 0 Å². The summed E-state index contributed by atoms with van der Waals surface area (Å²) in [6.07, 6.45) is 9.74. The molecule has 0 aromatic rings. The number of hydrogen-bond acceptors (Lipinski definition) is 1. The van der Waals surface area contributed by atoms with E-state index in [1.807, 2.05) is 0 Å². The van der Waals surface area contributed by atoms with Crippen LogP contribution in [0.4, 0.5) is 0 Å². The molecule has 2 aliphatic rings. The molecule has 1 unspecified atom stereocenters. The summed E-state index contributed by atoms with van der Waals surface area (Å²) in [5.74, 6) is 0.925. The van der Waals surface area contributed by atoms with Crippen molar-refractivity contribution in [3.8, 4) is 0 Å². The number of allylic oxidation sites excluding steroid dienone is 2. The van der Waals surface area contributed by atoms with Crippen molar-refractivity contribution in [2.45, 2.75) is 58.8 Å². The van der Waals surface area contributed by atoms with Crippen LogP contribution in [0.5, 0.6) is 0 Å². The molecule has 2 rings (SSSR count). The van der Waals surface area contributed by atoms with Gasteiger partial charge in [0, 0.05) is 18.8 Å². The Morgan fingerprint density at radius 1 is 1.20 bits per heavy atom. The molecule has 0 saturated carbocycles. The van der Waals surface area contributed by atoms with Crippen molar-refractivity contribution < 1.29 is 0 Å². The van der Waals surface area contributed by atoms with Gasteiger partial charge in [-0.15, -0.1) is 0 Å². The largest absolute Gasteiger partial charge is 0.375 e. The Kier molecular flexibility index (Phi) is 3.71. The summed E-state index contributed by atoms with van der Waals surface area (Å²) in [7, 11) is 0. The predicted octanol–water partition coefficient (Wildman–Crippen LogP) is 3.96. The van der Waals surface area contributed by atoms with E-state index in [1.54, 1.807) is 11.3 Å². The maximum absolute atomic E-state index is 2.70. The lowest BCUT2D eigenvalue weighted by molar-refractivity contribution is 0.217. The van der Waals surface area contributed by atoms with Gasteiger partial charge in [0.25, 0.3) is 0 Å². The Labute approximate surface area is 94.5 Å². The number of likely N-dealkylation sites (tertiary alicyclic amines) is 1. The topological polar surface area (TPSA) is 3.24 Å². The van der Waals surface area contributed by atoms with Gasteiger partial charge in [0.05, 0.1) is 0 Å². The number of rotatable bonds is 3. The summed E-state index contributed by atoms with van der Waals surface area (Å²) in [5, 5.41) is 0. The molecular formula is C14H25N. The highest BCUT2D eigenvalue weighted by Crippen LogP contribution is 2.39. The fourth-order valence-electron chi connectivity index (χ4n) is 3.39. The molecule has 15 heavy (non-hydrogen) atoms. The summed E-state index contributed by atoms with van der Waals surface area (Å²) in [6, 6.07) is 0. The minimum atomic E-state index is 0.925. The van der Waals surface area contributed by atoms with E-state index in [-0.39, 0.29) is 0 Å². The molecule has 1 aliphatic carbocycles. The van der Waals surface area contributed by atoms with Crippen molar-refractivity contribution in [1.82, 2.24) is 4.90 Å². The number of fused-ring (bicyclic) bond motifs is 1. The zero-order valence-electron chi connectivity index (χ0n) is 10.4. The van der Waals surface area contributed by atoms with Gasteiger partial charge in [0.15, 0.2) is 0 Å². The first-order valence-electron chi connectivity index (χ1n) is 6.83. The van der Waals surface area contributed by atoms with Gasteiger partial charge in [-0.3, -0.25) is 0 Å². The molecule has 1 heteroatoms. The van der Waals surface area contributed by atoms with E-state index in [0.29, 0.717) is 0 Å². The van der Waals surface area contributed by atoms with Crippen LogP contribution < -0.4 is 0 Å². The van der Waals surface area contributed by atoms with Crippen LogP contribution in [-0.2, 0) is 0 Å². The van der Waals surface area contributed by atoms with Gasteiger partial charge in [0.1, 0.15) is 0 Å². The van der Waals surface area contributed by atoms with Gasteiger partial charge in [0.2, 0.25) is 0 Å². The van der Waals surface area contributed by atoms with Crippen molar-refractivity contribution in [2.75, 3.05) is 13.1 Å². The molecule has 0 radical (unpaired) electrons. The normalized spacial score (nSPS) is 26.8. The molecule has 1 fully saturated rings. The lowest BCUT2D eigenvalue weighted by Crippen LogP contribution is -2.36. The van der Waals surface area contributed by atoms with Gasteiger partial charge in [-0.2, -0.15) is 0 Å². The molecule has 0 amide bonds. The van der Waals surface area contributed by atoms with Crippen LogP contribution in [0.3, 0.4) is 0 Å². The average molecular weight is 207 g/mol. The molecule has 1 heterocycles. The van der Waals surface area contributed by atoms with E-state index in [1.165, 1.54) is 58.0 Å². The van der Waals surface area contributed by atoms with Gasteiger partial charge < -0.3 is 4.90 Å². The second-order valence-electron chi connectivity index (χ2n) is 5.06. The zero-order chi connectivity index (χ0) is 10.7. The lowest BCUT2D eigenvalue weighted by Gasteiger charge is -2.41.